The van der Waals surface area contributed by atoms with Gasteiger partial charge in [0.15, 0.2) is 0 Å². The maximum Gasteiger partial charge on any atom is 0.223 e. The first-order chi connectivity index (χ1) is 9.69. The van der Waals surface area contributed by atoms with Crippen LogP contribution in [0.5, 0.6) is 0 Å². The number of hydrogen-bond donors (Lipinski definition) is 1. The molecule has 0 unspecified atom stereocenters. The maximum absolute atomic E-state index is 12.2. The third-order valence-corrected chi connectivity index (χ3v) is 3.15. The summed E-state index contributed by atoms with van der Waals surface area (Å²) in [6, 6.07) is 7.64. The molecule has 1 aromatic rings. The standard InChI is InChI=1S/C15H24N2O3.ClH/c1-19-11-9-17(10-12-20-2)15(18)8-7-13-5-3-4-6-14(13)16;/h3-6H,7-12,16H2,1-2H3;1H. The molecule has 0 heterocycles. The summed E-state index contributed by atoms with van der Waals surface area (Å²) in [7, 11) is 3.26. The lowest BCUT2D eigenvalue weighted by atomic mass is 10.1. The Labute approximate surface area is 132 Å². The molecule has 1 aromatic carbocycles. The summed E-state index contributed by atoms with van der Waals surface area (Å²) in [5, 5.41) is 0. The van der Waals surface area contributed by atoms with E-state index in [1.54, 1.807) is 19.1 Å². The van der Waals surface area contributed by atoms with Gasteiger partial charge < -0.3 is 20.1 Å². The molecule has 0 aromatic heterocycles. The van der Waals surface area contributed by atoms with Crippen LogP contribution in [-0.2, 0) is 20.7 Å². The molecule has 0 radical (unpaired) electrons. The van der Waals surface area contributed by atoms with E-state index in [2.05, 4.69) is 0 Å². The number of nitrogen functional groups attached to an aromatic ring is 1. The Morgan fingerprint density at radius 1 is 1.14 bits per heavy atom. The minimum atomic E-state index is 0. The molecule has 120 valence electrons. The Kier molecular flexibility index (Phi) is 10.7. The number of benzene rings is 1. The molecule has 2 N–H and O–H groups in total. The van der Waals surface area contributed by atoms with Crippen molar-refractivity contribution < 1.29 is 14.3 Å². The van der Waals surface area contributed by atoms with Crippen LogP contribution in [0.1, 0.15) is 12.0 Å². The zero-order valence-corrected chi connectivity index (χ0v) is 13.5. The molecule has 0 bridgehead atoms. The summed E-state index contributed by atoms with van der Waals surface area (Å²) in [4.78, 5) is 14.0. The van der Waals surface area contributed by atoms with E-state index >= 15 is 0 Å². The molecule has 21 heavy (non-hydrogen) atoms. The van der Waals surface area contributed by atoms with Crippen molar-refractivity contribution in [3.63, 3.8) is 0 Å². The quantitative estimate of drug-likeness (QED) is 0.705. The molecule has 0 fully saturated rings. The van der Waals surface area contributed by atoms with E-state index in [4.69, 9.17) is 15.2 Å². The summed E-state index contributed by atoms with van der Waals surface area (Å²) in [6.45, 7) is 2.23. The van der Waals surface area contributed by atoms with Crippen molar-refractivity contribution in [1.82, 2.24) is 4.90 Å². The minimum absolute atomic E-state index is 0. The first-order valence-electron chi connectivity index (χ1n) is 6.78. The highest BCUT2D eigenvalue weighted by Crippen LogP contribution is 2.13. The number of anilines is 1. The highest BCUT2D eigenvalue weighted by molar-refractivity contribution is 5.85. The predicted molar refractivity (Wildman–Crippen MR) is 86.8 cm³/mol. The lowest BCUT2D eigenvalue weighted by Gasteiger charge is -2.22. The number of halogens is 1. The van der Waals surface area contributed by atoms with Gasteiger partial charge in [0.1, 0.15) is 0 Å². The van der Waals surface area contributed by atoms with Gasteiger partial charge >= 0.3 is 0 Å². The molecule has 0 saturated heterocycles. The van der Waals surface area contributed by atoms with Crippen molar-refractivity contribution in [3.8, 4) is 0 Å². The first-order valence-corrected chi connectivity index (χ1v) is 6.78. The van der Waals surface area contributed by atoms with Crippen molar-refractivity contribution >= 4 is 24.0 Å². The molecule has 1 rings (SSSR count). The molecule has 1 amide bonds. The minimum Gasteiger partial charge on any atom is -0.399 e. The Bertz CT molecular complexity index is 408. The topological polar surface area (TPSA) is 64.8 Å². The highest BCUT2D eigenvalue weighted by atomic mass is 35.5. The number of amides is 1. The molecule has 5 nitrogen and oxygen atoms in total. The van der Waals surface area contributed by atoms with Crippen molar-refractivity contribution in [3.05, 3.63) is 29.8 Å². The molecular formula is C15H25ClN2O3. The summed E-state index contributed by atoms with van der Waals surface area (Å²) >= 11 is 0. The average Bonchev–Trinajstić information content (AvgIpc) is 2.46. The van der Waals surface area contributed by atoms with Crippen molar-refractivity contribution in [2.24, 2.45) is 0 Å². The number of para-hydroxylation sites is 1. The van der Waals surface area contributed by atoms with Gasteiger partial charge in [-0.1, -0.05) is 18.2 Å². The zero-order valence-electron chi connectivity index (χ0n) is 12.7. The molecule has 0 aliphatic carbocycles. The molecule has 0 saturated carbocycles. The number of nitrogens with two attached hydrogens (primary N) is 1. The van der Waals surface area contributed by atoms with E-state index in [0.29, 0.717) is 39.1 Å². The monoisotopic (exact) mass is 316 g/mol. The second-order valence-electron chi connectivity index (χ2n) is 4.57. The van der Waals surface area contributed by atoms with Gasteiger partial charge in [-0.05, 0) is 18.1 Å². The van der Waals surface area contributed by atoms with E-state index < -0.39 is 0 Å². The van der Waals surface area contributed by atoms with Crippen LogP contribution in [0.2, 0.25) is 0 Å². The number of aryl methyl sites for hydroxylation is 1. The van der Waals surface area contributed by atoms with Gasteiger partial charge in [-0.25, -0.2) is 0 Å². The lowest BCUT2D eigenvalue weighted by Crippen LogP contribution is -2.36. The van der Waals surface area contributed by atoms with E-state index in [0.717, 1.165) is 11.3 Å². The molecular weight excluding hydrogens is 292 g/mol. The van der Waals surface area contributed by atoms with Crippen LogP contribution < -0.4 is 5.73 Å². The average molecular weight is 317 g/mol. The summed E-state index contributed by atoms with van der Waals surface area (Å²) < 4.78 is 10.1. The Balaban J connectivity index is 0.00000400. The number of rotatable bonds is 9. The SMILES string of the molecule is COCCN(CCOC)C(=O)CCc1ccccc1N.Cl. The molecule has 0 spiro atoms. The van der Waals surface area contributed by atoms with Crippen LogP contribution >= 0.6 is 12.4 Å². The Morgan fingerprint density at radius 2 is 1.71 bits per heavy atom. The highest BCUT2D eigenvalue weighted by Gasteiger charge is 2.13. The summed E-state index contributed by atoms with van der Waals surface area (Å²) in [5.74, 6) is 0.0994. The molecule has 0 aliphatic heterocycles. The van der Waals surface area contributed by atoms with Crippen molar-refractivity contribution in [2.75, 3.05) is 46.3 Å². The Hall–Kier alpha value is -1.30. The smallest absolute Gasteiger partial charge is 0.223 e. The number of nitrogens with zero attached hydrogens (tertiary/aromatic N) is 1. The fourth-order valence-corrected chi connectivity index (χ4v) is 1.93. The third-order valence-electron chi connectivity index (χ3n) is 3.15. The van der Waals surface area contributed by atoms with Gasteiger partial charge in [0.25, 0.3) is 0 Å². The molecule has 0 atom stereocenters. The Morgan fingerprint density at radius 3 is 2.24 bits per heavy atom. The normalized spacial score (nSPS) is 10.0. The van der Waals surface area contributed by atoms with Crippen LogP contribution in [-0.4, -0.2) is 51.3 Å². The van der Waals surface area contributed by atoms with Gasteiger partial charge in [0, 0.05) is 39.4 Å². The number of carbonyl (C=O) groups excluding carboxylic acids is 1. The van der Waals surface area contributed by atoms with E-state index in [1.807, 2.05) is 24.3 Å². The molecule has 6 heteroatoms. The van der Waals surface area contributed by atoms with Crippen LogP contribution in [0.15, 0.2) is 24.3 Å². The molecule has 0 aliphatic rings. The zero-order chi connectivity index (χ0) is 14.8. The van der Waals surface area contributed by atoms with Crippen LogP contribution in [0.4, 0.5) is 5.69 Å². The van der Waals surface area contributed by atoms with E-state index in [1.165, 1.54) is 0 Å². The lowest BCUT2D eigenvalue weighted by molar-refractivity contribution is -0.132. The van der Waals surface area contributed by atoms with Crippen LogP contribution in [0.25, 0.3) is 0 Å². The van der Waals surface area contributed by atoms with Gasteiger partial charge in [0.2, 0.25) is 5.91 Å². The van der Waals surface area contributed by atoms with Gasteiger partial charge in [-0.15, -0.1) is 12.4 Å². The van der Waals surface area contributed by atoms with E-state index in [-0.39, 0.29) is 18.3 Å². The first kappa shape index (κ1) is 19.7. The van der Waals surface area contributed by atoms with Crippen LogP contribution in [0, 0.1) is 0 Å². The number of methoxy groups -OCH3 is 2. The maximum atomic E-state index is 12.2. The van der Waals surface area contributed by atoms with Crippen LogP contribution in [0.3, 0.4) is 0 Å². The second-order valence-corrected chi connectivity index (χ2v) is 4.57. The summed E-state index contributed by atoms with van der Waals surface area (Å²) in [6.07, 6.45) is 1.10. The predicted octanol–water partition coefficient (Wildman–Crippen LogP) is 1.74. The van der Waals surface area contributed by atoms with Crippen molar-refractivity contribution in [2.45, 2.75) is 12.8 Å². The fraction of sp³-hybridized carbons (Fsp3) is 0.533. The van der Waals surface area contributed by atoms with Crippen molar-refractivity contribution in [1.29, 1.82) is 0 Å². The van der Waals surface area contributed by atoms with Gasteiger partial charge in [-0.2, -0.15) is 0 Å². The van der Waals surface area contributed by atoms with E-state index in [9.17, 15) is 4.79 Å². The van der Waals surface area contributed by atoms with Gasteiger partial charge in [0.05, 0.1) is 13.2 Å². The number of carbonyl (C=O) groups is 1. The summed E-state index contributed by atoms with van der Waals surface area (Å²) in [5.41, 5.74) is 7.63. The second kappa shape index (κ2) is 11.4. The largest absolute Gasteiger partial charge is 0.399 e. The number of ether oxygens (including phenoxy) is 2. The van der Waals surface area contributed by atoms with Gasteiger partial charge in [-0.3, -0.25) is 4.79 Å². The third kappa shape index (κ3) is 7.32. The number of hydrogen-bond acceptors (Lipinski definition) is 4. The fourth-order valence-electron chi connectivity index (χ4n) is 1.93.